The fourth-order valence-corrected chi connectivity index (χ4v) is 2.32. The Labute approximate surface area is 151 Å². The molecule has 0 radical (unpaired) electrons. The van der Waals surface area contributed by atoms with Gasteiger partial charge in [-0.15, -0.1) is 0 Å². The summed E-state index contributed by atoms with van der Waals surface area (Å²) in [5.41, 5.74) is 2.01. The molecule has 26 heavy (non-hydrogen) atoms. The van der Waals surface area contributed by atoms with E-state index < -0.39 is 5.97 Å². The van der Waals surface area contributed by atoms with Gasteiger partial charge in [-0.25, -0.2) is 0 Å². The lowest BCUT2D eigenvalue weighted by atomic mass is 10.1. The number of aromatic nitrogens is 1. The Morgan fingerprint density at radius 2 is 1.73 bits per heavy atom. The molecule has 1 aromatic carbocycles. The van der Waals surface area contributed by atoms with Crippen molar-refractivity contribution in [3.05, 3.63) is 59.9 Å². The molecule has 0 atom stereocenters. The highest BCUT2D eigenvalue weighted by Crippen LogP contribution is 2.12. The molecule has 7 heteroatoms. The maximum atomic E-state index is 12.1. The average Bonchev–Trinajstić information content (AvgIpc) is 2.64. The van der Waals surface area contributed by atoms with Crippen molar-refractivity contribution in [2.45, 2.75) is 32.2 Å². The first-order valence-corrected chi connectivity index (χ1v) is 8.33. The van der Waals surface area contributed by atoms with Gasteiger partial charge in [0.25, 0.3) is 5.91 Å². The van der Waals surface area contributed by atoms with Crippen LogP contribution in [0.4, 0.5) is 5.69 Å². The zero-order valence-corrected chi connectivity index (χ0v) is 14.3. The van der Waals surface area contributed by atoms with Crippen LogP contribution in [0.1, 0.15) is 41.6 Å². The van der Waals surface area contributed by atoms with Gasteiger partial charge in [0, 0.05) is 43.0 Å². The average molecular weight is 355 g/mol. The van der Waals surface area contributed by atoms with Crippen LogP contribution in [0.3, 0.4) is 0 Å². The Bertz CT molecular complexity index is 762. The zero-order valence-electron chi connectivity index (χ0n) is 14.3. The lowest BCUT2D eigenvalue weighted by Crippen LogP contribution is -2.22. The third kappa shape index (κ3) is 6.72. The lowest BCUT2D eigenvalue weighted by Gasteiger charge is -2.09. The van der Waals surface area contributed by atoms with E-state index in [0.29, 0.717) is 37.1 Å². The number of benzene rings is 1. The van der Waals surface area contributed by atoms with Crippen LogP contribution in [-0.4, -0.2) is 27.9 Å². The molecule has 0 saturated heterocycles. The van der Waals surface area contributed by atoms with Crippen molar-refractivity contribution >= 4 is 23.5 Å². The number of hydrogen-bond acceptors (Lipinski definition) is 4. The van der Waals surface area contributed by atoms with Crippen molar-refractivity contribution in [2.24, 2.45) is 0 Å². The molecule has 0 unspecified atom stereocenters. The van der Waals surface area contributed by atoms with Crippen LogP contribution in [0.5, 0.6) is 0 Å². The summed E-state index contributed by atoms with van der Waals surface area (Å²) in [5, 5.41) is 14.2. The SMILES string of the molecule is O=C(O)CCCCC(=O)NCc1cccc(NC(=O)c2ccncc2)c1. The number of carbonyl (C=O) groups excluding carboxylic acids is 2. The minimum atomic E-state index is -0.851. The molecule has 0 aliphatic heterocycles. The number of aliphatic carboxylic acids is 1. The summed E-state index contributed by atoms with van der Waals surface area (Å²) >= 11 is 0. The van der Waals surface area contributed by atoms with E-state index in [4.69, 9.17) is 5.11 Å². The third-order valence-corrected chi connectivity index (χ3v) is 3.66. The minimum Gasteiger partial charge on any atom is -0.481 e. The molecule has 0 saturated carbocycles. The second-order valence-corrected chi connectivity index (χ2v) is 5.77. The van der Waals surface area contributed by atoms with Gasteiger partial charge in [0.2, 0.25) is 5.91 Å². The molecule has 2 aromatic rings. The van der Waals surface area contributed by atoms with E-state index in [9.17, 15) is 14.4 Å². The van der Waals surface area contributed by atoms with E-state index in [1.165, 1.54) is 0 Å². The van der Waals surface area contributed by atoms with Gasteiger partial charge in [0.1, 0.15) is 0 Å². The summed E-state index contributed by atoms with van der Waals surface area (Å²) in [6, 6.07) is 10.5. The standard InChI is InChI=1S/C19H21N3O4/c23-17(6-1-2-7-18(24)25)21-13-14-4-3-5-16(12-14)22-19(26)15-8-10-20-11-9-15/h3-5,8-12H,1-2,6-7,13H2,(H,21,23)(H,22,26)(H,24,25). The number of unbranched alkanes of at least 4 members (excludes halogenated alkanes) is 1. The summed E-state index contributed by atoms with van der Waals surface area (Å²) in [6.45, 7) is 0.344. The predicted molar refractivity (Wildman–Crippen MR) is 96.6 cm³/mol. The van der Waals surface area contributed by atoms with Crippen LogP contribution in [0.25, 0.3) is 0 Å². The molecule has 3 N–H and O–H groups in total. The Hall–Kier alpha value is -3.22. The van der Waals surface area contributed by atoms with Crippen molar-refractivity contribution in [3.8, 4) is 0 Å². The van der Waals surface area contributed by atoms with E-state index >= 15 is 0 Å². The predicted octanol–water partition coefficient (Wildman–Crippen LogP) is 2.60. The zero-order chi connectivity index (χ0) is 18.8. The van der Waals surface area contributed by atoms with E-state index in [1.54, 1.807) is 42.7 Å². The number of carboxylic acids is 1. The van der Waals surface area contributed by atoms with E-state index in [2.05, 4.69) is 15.6 Å². The van der Waals surface area contributed by atoms with E-state index in [0.717, 1.165) is 5.56 Å². The smallest absolute Gasteiger partial charge is 0.303 e. The highest BCUT2D eigenvalue weighted by molar-refractivity contribution is 6.04. The van der Waals surface area contributed by atoms with Gasteiger partial charge in [-0.2, -0.15) is 0 Å². The maximum Gasteiger partial charge on any atom is 0.303 e. The number of anilines is 1. The number of carboxylic acid groups (broad SMARTS) is 1. The number of rotatable bonds is 9. The largest absolute Gasteiger partial charge is 0.481 e. The molecule has 2 rings (SSSR count). The Morgan fingerprint density at radius 3 is 2.46 bits per heavy atom. The lowest BCUT2D eigenvalue weighted by molar-refractivity contribution is -0.137. The molecule has 0 aliphatic carbocycles. The summed E-state index contributed by atoms with van der Waals surface area (Å²) in [4.78, 5) is 38.2. The van der Waals surface area contributed by atoms with Gasteiger partial charge in [-0.3, -0.25) is 19.4 Å². The van der Waals surface area contributed by atoms with Crippen LogP contribution in [0.15, 0.2) is 48.8 Å². The van der Waals surface area contributed by atoms with Gasteiger partial charge in [0.05, 0.1) is 0 Å². The summed E-state index contributed by atoms with van der Waals surface area (Å²) < 4.78 is 0. The van der Waals surface area contributed by atoms with Gasteiger partial charge in [0.15, 0.2) is 0 Å². The van der Waals surface area contributed by atoms with Crippen molar-refractivity contribution in [1.82, 2.24) is 10.3 Å². The fourth-order valence-electron chi connectivity index (χ4n) is 2.32. The van der Waals surface area contributed by atoms with Crippen molar-refractivity contribution < 1.29 is 19.5 Å². The molecule has 1 heterocycles. The second kappa shape index (κ2) is 9.93. The normalized spacial score (nSPS) is 10.2. The summed E-state index contributed by atoms with van der Waals surface area (Å²) in [6.07, 6.45) is 4.51. The van der Waals surface area contributed by atoms with Gasteiger partial charge in [-0.1, -0.05) is 12.1 Å². The first-order valence-electron chi connectivity index (χ1n) is 8.33. The highest BCUT2D eigenvalue weighted by atomic mass is 16.4. The Kier molecular flexibility index (Phi) is 7.30. The van der Waals surface area contributed by atoms with Crippen molar-refractivity contribution in [2.75, 3.05) is 5.32 Å². The molecule has 1 aromatic heterocycles. The first kappa shape index (κ1) is 19.1. The molecule has 0 spiro atoms. The first-order chi connectivity index (χ1) is 12.5. The quantitative estimate of drug-likeness (QED) is 0.599. The maximum absolute atomic E-state index is 12.1. The monoisotopic (exact) mass is 355 g/mol. The summed E-state index contributed by atoms with van der Waals surface area (Å²) in [5.74, 6) is -1.20. The highest BCUT2D eigenvalue weighted by Gasteiger charge is 2.07. The number of carbonyl (C=O) groups is 3. The van der Waals surface area contributed by atoms with Gasteiger partial charge < -0.3 is 15.7 Å². The number of nitrogens with one attached hydrogen (secondary N) is 2. The summed E-state index contributed by atoms with van der Waals surface area (Å²) in [7, 11) is 0. The van der Waals surface area contributed by atoms with Crippen molar-refractivity contribution in [3.63, 3.8) is 0 Å². The molecule has 0 fully saturated rings. The van der Waals surface area contributed by atoms with Crippen LogP contribution in [0, 0.1) is 0 Å². The van der Waals surface area contributed by atoms with Crippen LogP contribution >= 0.6 is 0 Å². The molecule has 0 bridgehead atoms. The minimum absolute atomic E-state index is 0.0759. The fraction of sp³-hybridized carbons (Fsp3) is 0.263. The molecule has 7 nitrogen and oxygen atoms in total. The Balaban J connectivity index is 1.80. The topological polar surface area (TPSA) is 108 Å². The van der Waals surface area contributed by atoms with Gasteiger partial charge >= 0.3 is 5.97 Å². The number of amides is 2. The molecule has 0 aliphatic rings. The van der Waals surface area contributed by atoms with E-state index in [1.807, 2.05) is 6.07 Å². The van der Waals surface area contributed by atoms with Crippen LogP contribution < -0.4 is 10.6 Å². The number of nitrogens with zero attached hydrogens (tertiary/aromatic N) is 1. The third-order valence-electron chi connectivity index (χ3n) is 3.66. The molecule has 136 valence electrons. The number of pyridine rings is 1. The second-order valence-electron chi connectivity index (χ2n) is 5.77. The number of hydrogen-bond donors (Lipinski definition) is 3. The van der Waals surface area contributed by atoms with Crippen molar-refractivity contribution in [1.29, 1.82) is 0 Å². The van der Waals surface area contributed by atoms with Gasteiger partial charge in [-0.05, 0) is 42.7 Å². The van der Waals surface area contributed by atoms with Crippen LogP contribution in [-0.2, 0) is 16.1 Å². The molecule has 2 amide bonds. The molecular weight excluding hydrogens is 334 g/mol. The van der Waals surface area contributed by atoms with Crippen LogP contribution in [0.2, 0.25) is 0 Å². The molecular formula is C19H21N3O4. The van der Waals surface area contributed by atoms with E-state index in [-0.39, 0.29) is 18.2 Å². The Morgan fingerprint density at radius 1 is 1.00 bits per heavy atom.